The molecule has 0 atom stereocenters. The lowest BCUT2D eigenvalue weighted by atomic mass is 10.0. The quantitative estimate of drug-likeness (QED) is 0.596. The molecule has 0 saturated heterocycles. The Morgan fingerprint density at radius 2 is 1.47 bits per heavy atom. The van der Waals surface area contributed by atoms with Crippen molar-refractivity contribution in [3.05, 3.63) is 78.4 Å². The van der Waals surface area contributed by atoms with Crippen LogP contribution in [0.15, 0.2) is 82.6 Å². The fourth-order valence-electron chi connectivity index (χ4n) is 2.83. The lowest BCUT2D eigenvalue weighted by Gasteiger charge is -2.13. The Hall–Kier alpha value is -3.21. The first-order valence-electron chi connectivity index (χ1n) is 8.56. The molecule has 0 aromatic heterocycles. The van der Waals surface area contributed by atoms with E-state index in [2.05, 4.69) is 0 Å². The Bertz CT molecular complexity index is 1300. The molecule has 8 nitrogen and oxygen atoms in total. The zero-order valence-corrected chi connectivity index (χ0v) is 17.4. The highest BCUT2D eigenvalue weighted by molar-refractivity contribution is 7.92. The van der Waals surface area contributed by atoms with Gasteiger partial charge in [-0.3, -0.25) is 4.79 Å². The zero-order valence-electron chi connectivity index (χ0n) is 15.8. The molecule has 30 heavy (non-hydrogen) atoms. The molecule has 10 heteroatoms. The van der Waals surface area contributed by atoms with Crippen LogP contribution in [0.5, 0.6) is 5.75 Å². The van der Waals surface area contributed by atoms with Gasteiger partial charge in [0.05, 0.1) is 7.11 Å². The Balaban J connectivity index is 1.95. The summed E-state index contributed by atoms with van der Waals surface area (Å²) in [6, 6.07) is 18.5. The second kappa shape index (κ2) is 8.27. The number of sulfonamides is 2. The fourth-order valence-corrected chi connectivity index (χ4v) is 5.19. The topological polar surface area (TPSA) is 133 Å². The van der Waals surface area contributed by atoms with Gasteiger partial charge in [0.25, 0.3) is 15.9 Å². The number of carbonyl (C=O) groups excluding carboxylic acids is 1. The summed E-state index contributed by atoms with van der Waals surface area (Å²) in [7, 11) is -7.38. The standard InChI is InChI=1S/C20H18N2O6S2/c1-28-17-13-15(11-12-16(17)14-7-3-2-4-8-14)20(23)22-30(26,27)19-10-6-5-9-18(19)29(21,24)25/h2-13H,1H3,(H,22,23)(H2,21,24,25). The van der Waals surface area contributed by atoms with Gasteiger partial charge in [0.2, 0.25) is 10.0 Å². The predicted octanol–water partition coefficient (Wildman–Crippen LogP) is 2.13. The van der Waals surface area contributed by atoms with E-state index >= 15 is 0 Å². The highest BCUT2D eigenvalue weighted by Crippen LogP contribution is 2.31. The summed E-state index contributed by atoms with van der Waals surface area (Å²) in [5.41, 5.74) is 1.59. The first-order valence-corrected chi connectivity index (χ1v) is 11.6. The van der Waals surface area contributed by atoms with Gasteiger partial charge in [0.15, 0.2) is 0 Å². The normalized spacial score (nSPS) is 11.7. The van der Waals surface area contributed by atoms with E-state index in [1.54, 1.807) is 6.07 Å². The van der Waals surface area contributed by atoms with Gasteiger partial charge in [-0.1, -0.05) is 42.5 Å². The number of carbonyl (C=O) groups is 1. The summed E-state index contributed by atoms with van der Waals surface area (Å²) >= 11 is 0. The van der Waals surface area contributed by atoms with Crippen LogP contribution in [0.1, 0.15) is 10.4 Å². The summed E-state index contributed by atoms with van der Waals surface area (Å²) in [6.45, 7) is 0. The maximum Gasteiger partial charge on any atom is 0.265 e. The second-order valence-corrected chi connectivity index (χ2v) is 9.39. The van der Waals surface area contributed by atoms with Crippen molar-refractivity contribution in [2.45, 2.75) is 9.79 Å². The van der Waals surface area contributed by atoms with E-state index < -0.39 is 35.7 Å². The number of hydrogen-bond donors (Lipinski definition) is 2. The van der Waals surface area contributed by atoms with Gasteiger partial charge < -0.3 is 4.74 Å². The van der Waals surface area contributed by atoms with Gasteiger partial charge in [-0.25, -0.2) is 26.7 Å². The summed E-state index contributed by atoms with van der Waals surface area (Å²) in [5.74, 6) is -0.576. The smallest absolute Gasteiger partial charge is 0.265 e. The molecule has 3 rings (SSSR count). The molecule has 0 bridgehead atoms. The van der Waals surface area contributed by atoms with Crippen LogP contribution in [-0.2, 0) is 20.0 Å². The number of ether oxygens (including phenoxy) is 1. The molecule has 0 aliphatic heterocycles. The van der Waals surface area contributed by atoms with Crippen molar-refractivity contribution in [2.24, 2.45) is 5.14 Å². The van der Waals surface area contributed by atoms with Crippen LogP contribution < -0.4 is 14.6 Å². The monoisotopic (exact) mass is 446 g/mol. The molecule has 3 N–H and O–H groups in total. The van der Waals surface area contributed by atoms with E-state index in [0.717, 1.165) is 23.3 Å². The van der Waals surface area contributed by atoms with Gasteiger partial charge >= 0.3 is 0 Å². The largest absolute Gasteiger partial charge is 0.496 e. The van der Waals surface area contributed by atoms with Crippen molar-refractivity contribution in [3.63, 3.8) is 0 Å². The third kappa shape index (κ3) is 4.51. The Morgan fingerprint density at radius 1 is 0.867 bits per heavy atom. The van der Waals surface area contributed by atoms with Gasteiger partial charge in [0, 0.05) is 11.1 Å². The third-order valence-corrected chi connectivity index (χ3v) is 6.71. The van der Waals surface area contributed by atoms with Crippen LogP contribution in [-0.4, -0.2) is 29.9 Å². The molecule has 0 heterocycles. The lowest BCUT2D eigenvalue weighted by molar-refractivity contribution is 0.0981. The molecule has 3 aromatic carbocycles. The number of amides is 1. The van der Waals surface area contributed by atoms with Crippen molar-refractivity contribution in [2.75, 3.05) is 7.11 Å². The molecule has 0 radical (unpaired) electrons. The fraction of sp³-hybridized carbons (Fsp3) is 0.0500. The molecule has 0 fully saturated rings. The summed E-state index contributed by atoms with van der Waals surface area (Å²) in [4.78, 5) is 11.4. The number of methoxy groups -OCH3 is 1. The molecular weight excluding hydrogens is 428 g/mol. The highest BCUT2D eigenvalue weighted by Gasteiger charge is 2.26. The van der Waals surface area contributed by atoms with E-state index in [4.69, 9.17) is 9.88 Å². The molecule has 0 spiro atoms. The first-order chi connectivity index (χ1) is 14.1. The second-order valence-electron chi connectivity index (χ2n) is 6.21. The third-order valence-electron chi connectivity index (χ3n) is 4.22. The minimum Gasteiger partial charge on any atom is -0.496 e. The minimum atomic E-state index is -4.50. The summed E-state index contributed by atoms with van der Waals surface area (Å²) in [6.07, 6.45) is 0. The van der Waals surface area contributed by atoms with Crippen LogP contribution in [0.3, 0.4) is 0 Å². The van der Waals surface area contributed by atoms with Gasteiger partial charge in [-0.15, -0.1) is 0 Å². The lowest BCUT2D eigenvalue weighted by Crippen LogP contribution is -2.32. The zero-order chi connectivity index (χ0) is 21.9. The van der Waals surface area contributed by atoms with E-state index in [-0.39, 0.29) is 5.56 Å². The molecule has 0 unspecified atom stereocenters. The van der Waals surface area contributed by atoms with Crippen molar-refractivity contribution in [1.82, 2.24) is 4.72 Å². The highest BCUT2D eigenvalue weighted by atomic mass is 32.2. The molecule has 3 aromatic rings. The van der Waals surface area contributed by atoms with E-state index in [1.807, 2.05) is 35.1 Å². The average Bonchev–Trinajstić information content (AvgIpc) is 2.73. The predicted molar refractivity (Wildman–Crippen MR) is 111 cm³/mol. The molecule has 156 valence electrons. The van der Waals surface area contributed by atoms with E-state index in [9.17, 15) is 21.6 Å². The summed E-state index contributed by atoms with van der Waals surface area (Å²) < 4.78 is 55.9. The number of benzene rings is 3. The molecule has 0 aliphatic carbocycles. The SMILES string of the molecule is COc1cc(C(=O)NS(=O)(=O)c2ccccc2S(N)(=O)=O)ccc1-c1ccccc1. The van der Waals surface area contributed by atoms with Crippen LogP contribution in [0.2, 0.25) is 0 Å². The van der Waals surface area contributed by atoms with Crippen molar-refractivity contribution >= 4 is 26.0 Å². The maximum atomic E-state index is 12.6. The van der Waals surface area contributed by atoms with Crippen LogP contribution in [0.25, 0.3) is 11.1 Å². The number of rotatable bonds is 6. The van der Waals surface area contributed by atoms with Gasteiger partial charge in [-0.2, -0.15) is 0 Å². The number of primary sulfonamides is 1. The minimum absolute atomic E-state index is 0.0168. The molecule has 0 aliphatic rings. The Kier molecular flexibility index (Phi) is 5.92. The number of nitrogens with two attached hydrogens (primary N) is 1. The van der Waals surface area contributed by atoms with Crippen LogP contribution in [0, 0.1) is 0 Å². The molecule has 0 saturated carbocycles. The van der Waals surface area contributed by atoms with E-state index in [1.165, 1.54) is 31.4 Å². The Morgan fingerprint density at radius 3 is 2.07 bits per heavy atom. The molecule has 1 amide bonds. The van der Waals surface area contributed by atoms with Crippen molar-refractivity contribution < 1.29 is 26.4 Å². The van der Waals surface area contributed by atoms with Crippen molar-refractivity contribution in [1.29, 1.82) is 0 Å². The maximum absolute atomic E-state index is 12.6. The van der Waals surface area contributed by atoms with Crippen molar-refractivity contribution in [3.8, 4) is 16.9 Å². The van der Waals surface area contributed by atoms with Gasteiger partial charge in [-0.05, 0) is 35.9 Å². The van der Waals surface area contributed by atoms with E-state index in [0.29, 0.717) is 5.75 Å². The van der Waals surface area contributed by atoms with Gasteiger partial charge in [0.1, 0.15) is 15.5 Å². The number of nitrogens with one attached hydrogen (secondary N) is 1. The Labute approximate surface area is 174 Å². The average molecular weight is 447 g/mol. The summed E-state index contributed by atoms with van der Waals surface area (Å²) in [5, 5.41) is 5.08. The van der Waals surface area contributed by atoms with Crippen LogP contribution in [0.4, 0.5) is 0 Å². The first kappa shape index (κ1) is 21.5. The molecular formula is C20H18N2O6S2. The number of hydrogen-bond acceptors (Lipinski definition) is 6. The van der Waals surface area contributed by atoms with Crippen LogP contribution >= 0.6 is 0 Å².